The quantitative estimate of drug-likeness (QED) is 0.439. The van der Waals surface area contributed by atoms with Gasteiger partial charge in [-0.3, -0.25) is 14.7 Å². The van der Waals surface area contributed by atoms with E-state index in [1.165, 1.54) is 11.6 Å². The molecule has 2 N–H and O–H groups in total. The number of aromatic nitrogens is 2. The lowest BCUT2D eigenvalue weighted by molar-refractivity contribution is -0.0515. The topological polar surface area (TPSA) is 107 Å². The van der Waals surface area contributed by atoms with Gasteiger partial charge in [0.15, 0.2) is 23.0 Å². The molecule has 37 heavy (non-hydrogen) atoms. The average molecular weight is 514 g/mol. The number of carbonyl (C=O) groups excluding carboxylic acids is 1. The highest BCUT2D eigenvalue weighted by atomic mass is 19.3. The monoisotopic (exact) mass is 513 g/mol. The number of hydrogen-bond donors (Lipinski definition) is 1. The number of amides is 1. The molecular formula is C26H29F2N5O4. The van der Waals surface area contributed by atoms with Gasteiger partial charge in [-0.15, -0.1) is 0 Å². The number of nitrogens with two attached hydrogens (primary N) is 1. The zero-order valence-electron chi connectivity index (χ0n) is 20.3. The van der Waals surface area contributed by atoms with E-state index in [9.17, 15) is 13.6 Å². The van der Waals surface area contributed by atoms with Gasteiger partial charge in [0.25, 0.3) is 5.91 Å². The molecule has 1 aliphatic heterocycles. The minimum Gasteiger partial charge on any atom is -0.489 e. The van der Waals surface area contributed by atoms with Crippen LogP contribution in [0.5, 0.6) is 11.5 Å². The normalized spacial score (nSPS) is 16.3. The lowest BCUT2D eigenvalue weighted by atomic mass is 10.2. The van der Waals surface area contributed by atoms with Gasteiger partial charge in [0.1, 0.15) is 0 Å². The second-order valence-corrected chi connectivity index (χ2v) is 9.21. The van der Waals surface area contributed by atoms with Crippen LogP contribution in [0, 0.1) is 5.92 Å². The summed E-state index contributed by atoms with van der Waals surface area (Å²) in [7, 11) is 0. The first-order valence-corrected chi connectivity index (χ1v) is 12.3. The Morgan fingerprint density at radius 1 is 1.11 bits per heavy atom. The van der Waals surface area contributed by atoms with Gasteiger partial charge in [0, 0.05) is 50.7 Å². The number of benzene rings is 1. The molecule has 1 aromatic carbocycles. The van der Waals surface area contributed by atoms with E-state index in [2.05, 4.69) is 19.6 Å². The Kier molecular flexibility index (Phi) is 7.61. The van der Waals surface area contributed by atoms with Gasteiger partial charge in [-0.05, 0) is 54.7 Å². The van der Waals surface area contributed by atoms with Crippen LogP contribution in [0.2, 0.25) is 0 Å². The summed E-state index contributed by atoms with van der Waals surface area (Å²) >= 11 is 0. The van der Waals surface area contributed by atoms with Gasteiger partial charge >= 0.3 is 6.61 Å². The molecule has 11 heteroatoms. The number of halogens is 2. The average Bonchev–Trinajstić information content (AvgIpc) is 3.64. The number of rotatable bonds is 10. The number of ether oxygens (including phenoxy) is 2. The molecule has 3 heterocycles. The molecule has 196 valence electrons. The van der Waals surface area contributed by atoms with Gasteiger partial charge in [-0.25, -0.2) is 4.98 Å². The van der Waals surface area contributed by atoms with Crippen molar-refractivity contribution in [1.29, 1.82) is 0 Å². The Labute approximate surface area is 213 Å². The second-order valence-electron chi connectivity index (χ2n) is 9.21. The number of nitrogens with zero attached hydrogens (tertiary/aromatic N) is 4. The lowest BCUT2D eigenvalue weighted by Crippen LogP contribution is -2.48. The summed E-state index contributed by atoms with van der Waals surface area (Å²) < 4.78 is 41.9. The van der Waals surface area contributed by atoms with Crippen LogP contribution in [0.4, 0.5) is 8.78 Å². The third-order valence-corrected chi connectivity index (χ3v) is 6.48. The van der Waals surface area contributed by atoms with Gasteiger partial charge in [-0.1, -0.05) is 0 Å². The van der Waals surface area contributed by atoms with Crippen LogP contribution in [0.15, 0.2) is 47.1 Å². The molecule has 0 radical (unpaired) electrons. The number of carbonyl (C=O) groups is 1. The van der Waals surface area contributed by atoms with Crippen molar-refractivity contribution < 1.29 is 27.5 Å². The summed E-state index contributed by atoms with van der Waals surface area (Å²) in [5, 5.41) is 0. The van der Waals surface area contributed by atoms with Crippen molar-refractivity contribution in [1.82, 2.24) is 19.8 Å². The fourth-order valence-electron chi connectivity index (χ4n) is 4.23. The Bertz CT molecular complexity index is 1210. The molecule has 1 saturated heterocycles. The van der Waals surface area contributed by atoms with Gasteiger partial charge in [0.05, 0.1) is 13.2 Å². The Hall–Kier alpha value is -3.57. The molecule has 0 bridgehead atoms. The molecule has 9 nitrogen and oxygen atoms in total. The van der Waals surface area contributed by atoms with Gasteiger partial charge < -0.3 is 24.5 Å². The van der Waals surface area contributed by atoms with E-state index < -0.39 is 6.61 Å². The summed E-state index contributed by atoms with van der Waals surface area (Å²) in [4.78, 5) is 25.8. The van der Waals surface area contributed by atoms with Crippen molar-refractivity contribution in [3.8, 4) is 23.0 Å². The van der Waals surface area contributed by atoms with Crippen molar-refractivity contribution in [2.45, 2.75) is 32.5 Å². The van der Waals surface area contributed by atoms with Crippen molar-refractivity contribution in [2.75, 3.05) is 32.8 Å². The molecular weight excluding hydrogens is 484 g/mol. The van der Waals surface area contributed by atoms with Crippen molar-refractivity contribution >= 4 is 5.91 Å². The molecule has 1 amide bonds. The van der Waals surface area contributed by atoms with Crippen molar-refractivity contribution in [2.24, 2.45) is 11.7 Å². The Morgan fingerprint density at radius 2 is 1.86 bits per heavy atom. The molecule has 0 atom stereocenters. The molecule has 3 aromatic rings. The van der Waals surface area contributed by atoms with Crippen molar-refractivity contribution in [3.63, 3.8) is 0 Å². The van der Waals surface area contributed by atoms with Crippen LogP contribution in [-0.4, -0.2) is 65.1 Å². The first kappa shape index (κ1) is 25.1. The fourth-order valence-corrected chi connectivity index (χ4v) is 4.23. The van der Waals surface area contributed by atoms with E-state index in [1.807, 2.05) is 12.1 Å². The number of piperazine rings is 1. The highest BCUT2D eigenvalue weighted by Crippen LogP contribution is 2.36. The van der Waals surface area contributed by atoms with Gasteiger partial charge in [0.2, 0.25) is 5.89 Å². The maximum absolute atomic E-state index is 13.3. The van der Waals surface area contributed by atoms with Crippen LogP contribution in [0.1, 0.15) is 34.7 Å². The number of pyridine rings is 1. The summed E-state index contributed by atoms with van der Waals surface area (Å²) in [6, 6.07) is 8.44. The third kappa shape index (κ3) is 6.23. The molecule has 0 spiro atoms. The zero-order chi connectivity index (χ0) is 25.8. The minimum atomic E-state index is -2.98. The first-order valence-electron chi connectivity index (χ1n) is 12.3. The summed E-state index contributed by atoms with van der Waals surface area (Å²) in [5.74, 6) is 0.721. The highest BCUT2D eigenvalue weighted by molar-refractivity contribution is 5.94. The fraction of sp³-hybridized carbons (Fsp3) is 0.423. The van der Waals surface area contributed by atoms with E-state index >= 15 is 0 Å². The number of hydrogen-bond acceptors (Lipinski definition) is 8. The first-order chi connectivity index (χ1) is 18.0. The lowest BCUT2D eigenvalue weighted by Gasteiger charge is -2.34. The molecule has 0 unspecified atom stereocenters. The Balaban J connectivity index is 1.29. The highest BCUT2D eigenvalue weighted by Gasteiger charge is 2.28. The van der Waals surface area contributed by atoms with E-state index in [-0.39, 0.29) is 41.3 Å². The minimum absolute atomic E-state index is 0.00625. The molecule has 1 aliphatic carbocycles. The van der Waals surface area contributed by atoms with E-state index in [4.69, 9.17) is 14.9 Å². The smallest absolute Gasteiger partial charge is 0.387 e. The third-order valence-electron chi connectivity index (χ3n) is 6.48. The zero-order valence-corrected chi connectivity index (χ0v) is 20.3. The predicted octanol–water partition coefficient (Wildman–Crippen LogP) is 3.54. The maximum atomic E-state index is 13.3. The van der Waals surface area contributed by atoms with Crippen LogP contribution in [0.25, 0.3) is 11.5 Å². The molecule has 2 aliphatic rings. The van der Waals surface area contributed by atoms with E-state index in [0.29, 0.717) is 31.2 Å². The molecule has 2 fully saturated rings. The maximum Gasteiger partial charge on any atom is 0.387 e. The summed E-state index contributed by atoms with van der Waals surface area (Å²) in [5.41, 5.74) is 7.68. The number of oxazole rings is 1. The molecule has 1 saturated carbocycles. The van der Waals surface area contributed by atoms with Crippen LogP contribution in [-0.2, 0) is 13.1 Å². The van der Waals surface area contributed by atoms with Crippen LogP contribution in [0.3, 0.4) is 0 Å². The number of alkyl halides is 2. The largest absolute Gasteiger partial charge is 0.489 e. The van der Waals surface area contributed by atoms with Crippen LogP contribution < -0.4 is 15.2 Å². The van der Waals surface area contributed by atoms with Gasteiger partial charge in [-0.2, -0.15) is 8.78 Å². The second kappa shape index (κ2) is 11.2. The van der Waals surface area contributed by atoms with Crippen molar-refractivity contribution in [3.05, 3.63) is 59.7 Å². The van der Waals surface area contributed by atoms with E-state index in [1.54, 1.807) is 29.4 Å². The summed E-state index contributed by atoms with van der Waals surface area (Å²) in [6.45, 7) is 0.781. The standard InChI is InChI=1S/C26H29F2N5O4/c27-26(28)37-20-4-3-19(13-21(20)35-16-18-1-2-18)24-31-23(22(14-29)36-24)25(34)33-11-9-32(10-12-33)15-17-5-7-30-8-6-17/h3-8,13,18,26H,1-2,9-12,14-16,29H2. The molecule has 2 aromatic heterocycles. The molecule has 5 rings (SSSR count). The SMILES string of the molecule is NCc1oc(-c2ccc(OC(F)F)c(OCC3CC3)c2)nc1C(=O)N1CCN(Cc2ccncc2)CC1. The van der Waals surface area contributed by atoms with E-state index in [0.717, 1.165) is 32.5 Å². The van der Waals surface area contributed by atoms with Crippen LogP contribution >= 0.6 is 0 Å². The summed E-state index contributed by atoms with van der Waals surface area (Å²) in [6.07, 6.45) is 5.64. The predicted molar refractivity (Wildman–Crippen MR) is 130 cm³/mol. The Morgan fingerprint density at radius 3 is 2.54 bits per heavy atom.